The van der Waals surface area contributed by atoms with Crippen molar-refractivity contribution >= 4 is 86.8 Å². The summed E-state index contributed by atoms with van der Waals surface area (Å²) in [6.07, 6.45) is 2.10. The molecule has 2 heterocycles. The maximum Gasteiger partial charge on any atom is 0.341 e. The molecule has 55 heavy (non-hydrogen) atoms. The topological polar surface area (TPSA) is 117 Å². The number of anilines is 2. The third-order valence-corrected chi connectivity index (χ3v) is 11.6. The number of fused-ring (bicyclic) bond motifs is 1. The molecule has 0 aliphatic carbocycles. The van der Waals surface area contributed by atoms with E-state index in [0.29, 0.717) is 55.3 Å². The average Bonchev–Trinajstić information content (AvgIpc) is 3.53. The number of esters is 1. The molecule has 0 fully saturated rings. The lowest BCUT2D eigenvalue weighted by Crippen LogP contribution is -2.30. The first-order valence-corrected chi connectivity index (χ1v) is 20.0. The number of ether oxygens (including phenoxy) is 1. The molecule has 0 saturated heterocycles. The molecule has 0 saturated carbocycles. The second kappa shape index (κ2) is 18.6. The number of benzene rings is 4. The molecule has 6 rings (SSSR count). The van der Waals surface area contributed by atoms with Crippen LogP contribution in [0.25, 0.3) is 6.08 Å². The highest BCUT2D eigenvalue weighted by Crippen LogP contribution is 2.39. The van der Waals surface area contributed by atoms with Crippen LogP contribution in [0.15, 0.2) is 114 Å². The number of nitrogens with zero attached hydrogens (tertiary/aromatic N) is 1. The van der Waals surface area contributed by atoms with E-state index in [4.69, 9.17) is 27.9 Å². The molecule has 4 aromatic carbocycles. The lowest BCUT2D eigenvalue weighted by atomic mass is 10.0. The molecule has 0 radical (unpaired) electrons. The van der Waals surface area contributed by atoms with Gasteiger partial charge in [0.05, 0.1) is 17.4 Å². The quantitative estimate of drug-likeness (QED) is 0.0617. The van der Waals surface area contributed by atoms with Gasteiger partial charge in [0.1, 0.15) is 10.7 Å². The van der Waals surface area contributed by atoms with Crippen molar-refractivity contribution in [2.75, 3.05) is 23.8 Å². The zero-order valence-corrected chi connectivity index (χ0v) is 33.2. The van der Waals surface area contributed by atoms with E-state index in [1.165, 1.54) is 34.7 Å². The van der Waals surface area contributed by atoms with E-state index in [1.807, 2.05) is 24.3 Å². The highest BCUT2D eigenvalue weighted by molar-refractivity contribution is 8.00. The zero-order chi connectivity index (χ0) is 38.9. The Morgan fingerprint density at radius 3 is 2.31 bits per heavy atom. The van der Waals surface area contributed by atoms with Crippen LogP contribution in [0.2, 0.25) is 10.0 Å². The molecule has 5 aromatic rings. The van der Waals surface area contributed by atoms with Gasteiger partial charge in [0.2, 0.25) is 5.91 Å². The van der Waals surface area contributed by atoms with Crippen molar-refractivity contribution in [1.29, 1.82) is 0 Å². The molecule has 0 spiro atoms. The van der Waals surface area contributed by atoms with E-state index in [-0.39, 0.29) is 18.2 Å². The van der Waals surface area contributed by atoms with Crippen molar-refractivity contribution in [3.8, 4) is 0 Å². The van der Waals surface area contributed by atoms with Gasteiger partial charge in [-0.3, -0.25) is 19.3 Å². The number of hydrogen-bond acceptors (Lipinski definition) is 8. The third kappa shape index (κ3) is 10.2. The van der Waals surface area contributed by atoms with Crippen molar-refractivity contribution in [1.82, 2.24) is 10.2 Å². The van der Waals surface area contributed by atoms with Crippen LogP contribution in [0, 0.1) is 0 Å². The first kappa shape index (κ1) is 39.8. The minimum Gasteiger partial charge on any atom is -0.462 e. The van der Waals surface area contributed by atoms with Gasteiger partial charge < -0.3 is 20.7 Å². The predicted molar refractivity (Wildman–Crippen MR) is 222 cm³/mol. The Morgan fingerprint density at radius 1 is 0.909 bits per heavy atom. The summed E-state index contributed by atoms with van der Waals surface area (Å²) >= 11 is 15.5. The maximum absolute atomic E-state index is 13.7. The second-order valence-corrected chi connectivity index (χ2v) is 16.0. The normalized spacial score (nSPS) is 13.3. The van der Waals surface area contributed by atoms with Crippen molar-refractivity contribution in [3.05, 3.63) is 152 Å². The Bertz CT molecular complexity index is 2210. The fourth-order valence-electron chi connectivity index (χ4n) is 5.99. The summed E-state index contributed by atoms with van der Waals surface area (Å²) < 4.78 is 5.43. The summed E-state index contributed by atoms with van der Waals surface area (Å²) in [7, 11) is 0. The number of nitrogens with one attached hydrogen (secondary N) is 3. The van der Waals surface area contributed by atoms with Gasteiger partial charge in [0.25, 0.3) is 11.8 Å². The third-order valence-electron chi connectivity index (χ3n) is 8.69. The molecule has 0 bridgehead atoms. The molecule has 1 atom stereocenters. The highest BCUT2D eigenvalue weighted by Gasteiger charge is 2.30. The molecular weight excluding hydrogens is 776 g/mol. The van der Waals surface area contributed by atoms with Gasteiger partial charge in [0.15, 0.2) is 0 Å². The summed E-state index contributed by atoms with van der Waals surface area (Å²) in [5, 5.41) is 9.08. The van der Waals surface area contributed by atoms with Crippen LogP contribution in [0.3, 0.4) is 0 Å². The van der Waals surface area contributed by atoms with E-state index in [9.17, 15) is 19.2 Å². The van der Waals surface area contributed by atoms with Crippen molar-refractivity contribution in [3.63, 3.8) is 0 Å². The van der Waals surface area contributed by atoms with Crippen LogP contribution in [0.4, 0.5) is 10.7 Å². The van der Waals surface area contributed by atoms with Crippen molar-refractivity contribution in [2.24, 2.45) is 0 Å². The van der Waals surface area contributed by atoms with Gasteiger partial charge >= 0.3 is 5.97 Å². The second-order valence-electron chi connectivity index (χ2n) is 12.6. The standard InChI is InChI=1S/C42H38Cl2N4O5S2/c1-3-53-42(52)37-31-20-21-48(24-27-12-6-4-7-13-27)25-36(31)55-41(37)47-38(49)26(2)54-30-17-10-16-29(22-30)45-40(51)35(23-32-33(43)18-11-19-34(32)44)46-39(50)28-14-8-5-9-15-28/h4-19,22-23,26H,3,20-21,24-25H2,1-2H3,(H,45,51)(H,46,50)(H,47,49)/b35-23+. The monoisotopic (exact) mass is 812 g/mol. The Balaban J connectivity index is 1.16. The molecule has 1 aromatic heterocycles. The predicted octanol–water partition coefficient (Wildman–Crippen LogP) is 9.32. The van der Waals surface area contributed by atoms with Crippen LogP contribution in [0.5, 0.6) is 0 Å². The Labute approximate surface area is 338 Å². The summed E-state index contributed by atoms with van der Waals surface area (Å²) in [4.78, 5) is 57.7. The van der Waals surface area contributed by atoms with Crippen molar-refractivity contribution in [2.45, 2.75) is 43.5 Å². The molecule has 1 aliphatic rings. The zero-order valence-electron chi connectivity index (χ0n) is 30.1. The van der Waals surface area contributed by atoms with Crippen LogP contribution in [-0.2, 0) is 33.8 Å². The molecule has 3 amide bonds. The summed E-state index contributed by atoms with van der Waals surface area (Å²) in [6.45, 7) is 5.99. The molecule has 1 aliphatic heterocycles. The molecule has 282 valence electrons. The number of carbonyl (C=O) groups is 4. The summed E-state index contributed by atoms with van der Waals surface area (Å²) in [6, 6.07) is 30.7. The fraction of sp³-hybridized carbons (Fsp3) is 0.190. The number of rotatable bonds is 13. The lowest BCUT2D eigenvalue weighted by molar-refractivity contribution is -0.115. The molecule has 9 nitrogen and oxygen atoms in total. The van der Waals surface area contributed by atoms with E-state index < -0.39 is 23.0 Å². The number of thioether (sulfide) groups is 1. The fourth-order valence-corrected chi connectivity index (χ4v) is 8.71. The van der Waals surface area contributed by atoms with E-state index in [0.717, 1.165) is 23.5 Å². The molecular formula is C42H38Cl2N4O5S2. The van der Waals surface area contributed by atoms with E-state index >= 15 is 0 Å². The van der Waals surface area contributed by atoms with Gasteiger partial charge in [-0.05, 0) is 79.9 Å². The van der Waals surface area contributed by atoms with Gasteiger partial charge in [-0.25, -0.2) is 4.79 Å². The first-order valence-electron chi connectivity index (χ1n) is 17.6. The molecule has 1 unspecified atom stereocenters. The lowest BCUT2D eigenvalue weighted by Gasteiger charge is -2.27. The minimum atomic E-state index is -0.608. The van der Waals surface area contributed by atoms with Crippen LogP contribution < -0.4 is 16.0 Å². The number of carbonyl (C=O) groups excluding carboxylic acids is 4. The van der Waals surface area contributed by atoms with Gasteiger partial charge in [-0.1, -0.05) is 83.9 Å². The van der Waals surface area contributed by atoms with Crippen molar-refractivity contribution < 1.29 is 23.9 Å². The number of amides is 3. The van der Waals surface area contributed by atoms with Gasteiger partial charge in [0, 0.05) is 56.3 Å². The average molecular weight is 814 g/mol. The first-order chi connectivity index (χ1) is 26.6. The maximum atomic E-state index is 13.7. The smallest absolute Gasteiger partial charge is 0.341 e. The van der Waals surface area contributed by atoms with Crippen LogP contribution in [-0.4, -0.2) is 47.0 Å². The van der Waals surface area contributed by atoms with Gasteiger partial charge in [-0.2, -0.15) is 0 Å². The number of halogens is 2. The van der Waals surface area contributed by atoms with Crippen LogP contribution >= 0.6 is 46.3 Å². The largest absolute Gasteiger partial charge is 0.462 e. The Morgan fingerprint density at radius 2 is 1.60 bits per heavy atom. The van der Waals surface area contributed by atoms with E-state index in [1.54, 1.807) is 80.6 Å². The SMILES string of the molecule is CCOC(=O)c1c(NC(=O)C(C)Sc2cccc(NC(=O)/C(=C\c3c(Cl)cccc3Cl)NC(=O)c3ccccc3)c2)sc2c1CCN(Cc1ccccc1)C2. The number of thiophene rings is 1. The molecule has 13 heteroatoms. The van der Waals surface area contributed by atoms with Gasteiger partial charge in [-0.15, -0.1) is 23.1 Å². The molecule has 3 N–H and O–H groups in total. The Hall–Kier alpha value is -4.91. The minimum absolute atomic E-state index is 0.0751. The number of hydrogen-bond donors (Lipinski definition) is 3. The van der Waals surface area contributed by atoms with E-state index in [2.05, 4.69) is 33.0 Å². The summed E-state index contributed by atoms with van der Waals surface area (Å²) in [5.74, 6) is -1.82. The Kier molecular flexibility index (Phi) is 13.5. The summed E-state index contributed by atoms with van der Waals surface area (Å²) in [5.41, 5.74) is 3.66. The van der Waals surface area contributed by atoms with Crippen LogP contribution in [0.1, 0.15) is 56.1 Å². The highest BCUT2D eigenvalue weighted by atomic mass is 35.5.